The van der Waals surface area contributed by atoms with Crippen LogP contribution >= 0.6 is 0 Å². The summed E-state index contributed by atoms with van der Waals surface area (Å²) in [4.78, 5) is 3.88. The van der Waals surface area contributed by atoms with E-state index in [4.69, 9.17) is 5.11 Å². The third-order valence-electron chi connectivity index (χ3n) is 1.68. The molecule has 1 heterocycles. The number of fused-ring (bicyclic) bond motifs is 1. The summed E-state index contributed by atoms with van der Waals surface area (Å²) in [5, 5.41) is 19.1. The van der Waals surface area contributed by atoms with Gasteiger partial charge >= 0.3 is 0 Å². The number of para-hydroxylation sites is 1. The van der Waals surface area contributed by atoms with Crippen LogP contribution < -0.4 is 0 Å². The molecule has 0 aliphatic heterocycles. The quantitative estimate of drug-likeness (QED) is 0.617. The number of hydrogen-bond acceptors (Lipinski definition) is 3. The number of benzene rings is 1. The summed E-state index contributed by atoms with van der Waals surface area (Å²) in [5.74, 6) is 0.237. The summed E-state index contributed by atoms with van der Waals surface area (Å²) >= 11 is 0. The SMILES string of the molecule is Oc1cnc2c(O)cccc2c1. The molecule has 0 aliphatic rings. The van der Waals surface area contributed by atoms with Crippen molar-refractivity contribution in [1.29, 1.82) is 0 Å². The van der Waals surface area contributed by atoms with Gasteiger partial charge in [0.15, 0.2) is 0 Å². The van der Waals surface area contributed by atoms with Gasteiger partial charge < -0.3 is 10.2 Å². The predicted molar refractivity (Wildman–Crippen MR) is 45.1 cm³/mol. The van der Waals surface area contributed by atoms with Gasteiger partial charge in [-0.2, -0.15) is 0 Å². The second kappa shape index (κ2) is 2.37. The molecule has 0 atom stereocenters. The molecule has 0 spiro atoms. The Hall–Kier alpha value is -1.77. The van der Waals surface area contributed by atoms with Crippen LogP contribution in [0.15, 0.2) is 30.5 Å². The number of hydrogen-bond donors (Lipinski definition) is 2. The highest BCUT2D eigenvalue weighted by Gasteiger charge is 1.99. The summed E-state index contributed by atoms with van der Waals surface area (Å²) in [6.07, 6.45) is 1.31. The van der Waals surface area contributed by atoms with E-state index in [1.54, 1.807) is 24.3 Å². The fraction of sp³-hybridized carbons (Fsp3) is 0. The number of rotatable bonds is 0. The number of pyridine rings is 1. The number of phenolic OH excluding ortho intramolecular Hbond substituents is 1. The second-order valence-electron chi connectivity index (χ2n) is 2.54. The van der Waals surface area contributed by atoms with Crippen molar-refractivity contribution in [2.45, 2.75) is 0 Å². The van der Waals surface area contributed by atoms with Crippen LogP contribution in [0.2, 0.25) is 0 Å². The van der Waals surface area contributed by atoms with Gasteiger partial charge in [-0.25, -0.2) is 4.98 Å². The van der Waals surface area contributed by atoms with Crippen molar-refractivity contribution in [2.75, 3.05) is 0 Å². The highest BCUT2D eigenvalue weighted by molar-refractivity contribution is 5.84. The summed E-state index contributed by atoms with van der Waals surface area (Å²) in [6.45, 7) is 0. The number of phenols is 1. The van der Waals surface area contributed by atoms with Crippen molar-refractivity contribution in [3.8, 4) is 11.5 Å². The normalized spacial score (nSPS) is 10.3. The minimum absolute atomic E-state index is 0.105. The summed E-state index contributed by atoms with van der Waals surface area (Å²) in [6, 6.07) is 6.61. The highest BCUT2D eigenvalue weighted by atomic mass is 16.3. The lowest BCUT2D eigenvalue weighted by atomic mass is 10.2. The molecule has 0 saturated carbocycles. The Labute approximate surface area is 68.9 Å². The second-order valence-corrected chi connectivity index (χ2v) is 2.54. The minimum Gasteiger partial charge on any atom is -0.506 e. The highest BCUT2D eigenvalue weighted by Crippen LogP contribution is 2.24. The van der Waals surface area contributed by atoms with Crippen molar-refractivity contribution in [3.63, 3.8) is 0 Å². The molecule has 3 heteroatoms. The maximum Gasteiger partial charge on any atom is 0.141 e. The Morgan fingerprint density at radius 1 is 1.17 bits per heavy atom. The molecular formula is C9H7NO2. The standard InChI is InChI=1S/C9H7NO2/c11-7-4-6-2-1-3-8(12)9(6)10-5-7/h1-5,11-12H. The average Bonchev–Trinajstić information content (AvgIpc) is 2.04. The van der Waals surface area contributed by atoms with Gasteiger partial charge in [0.2, 0.25) is 0 Å². The summed E-state index contributed by atoms with van der Waals surface area (Å²) in [7, 11) is 0. The van der Waals surface area contributed by atoms with E-state index >= 15 is 0 Å². The van der Waals surface area contributed by atoms with Gasteiger partial charge in [0.1, 0.15) is 17.0 Å². The molecule has 0 fully saturated rings. The van der Waals surface area contributed by atoms with E-state index in [9.17, 15) is 5.11 Å². The largest absolute Gasteiger partial charge is 0.506 e. The average molecular weight is 161 g/mol. The Balaban J connectivity index is 2.86. The molecule has 3 nitrogen and oxygen atoms in total. The first-order chi connectivity index (χ1) is 5.77. The topological polar surface area (TPSA) is 53.4 Å². The monoisotopic (exact) mass is 161 g/mol. The number of aromatic nitrogens is 1. The Morgan fingerprint density at radius 3 is 2.83 bits per heavy atom. The molecular weight excluding hydrogens is 154 g/mol. The zero-order chi connectivity index (χ0) is 8.55. The molecule has 0 unspecified atom stereocenters. The van der Waals surface area contributed by atoms with Crippen LogP contribution in [0.5, 0.6) is 11.5 Å². The van der Waals surface area contributed by atoms with Crippen LogP contribution in [-0.2, 0) is 0 Å². The predicted octanol–water partition coefficient (Wildman–Crippen LogP) is 1.65. The molecule has 60 valence electrons. The molecule has 0 saturated heterocycles. The Morgan fingerprint density at radius 2 is 2.00 bits per heavy atom. The van der Waals surface area contributed by atoms with Crippen molar-refractivity contribution >= 4 is 10.9 Å². The molecule has 12 heavy (non-hydrogen) atoms. The number of nitrogens with zero attached hydrogens (tertiary/aromatic N) is 1. The van der Waals surface area contributed by atoms with E-state index in [-0.39, 0.29) is 11.5 Å². The smallest absolute Gasteiger partial charge is 0.141 e. The van der Waals surface area contributed by atoms with Gasteiger partial charge in [0.05, 0.1) is 6.20 Å². The van der Waals surface area contributed by atoms with Gasteiger partial charge in [0.25, 0.3) is 0 Å². The minimum atomic E-state index is 0.105. The van der Waals surface area contributed by atoms with Gasteiger partial charge in [0, 0.05) is 5.39 Å². The first kappa shape index (κ1) is 6.91. The maximum absolute atomic E-state index is 9.32. The van der Waals surface area contributed by atoms with Crippen LogP contribution in [0.3, 0.4) is 0 Å². The zero-order valence-electron chi connectivity index (χ0n) is 6.23. The van der Waals surface area contributed by atoms with Gasteiger partial charge in [-0.05, 0) is 12.1 Å². The van der Waals surface area contributed by atoms with E-state index < -0.39 is 0 Å². The van der Waals surface area contributed by atoms with E-state index in [0.29, 0.717) is 5.52 Å². The van der Waals surface area contributed by atoms with Crippen LogP contribution in [0.1, 0.15) is 0 Å². The van der Waals surface area contributed by atoms with Crippen LogP contribution in [0.4, 0.5) is 0 Å². The van der Waals surface area contributed by atoms with E-state index in [1.807, 2.05) is 0 Å². The van der Waals surface area contributed by atoms with Crippen molar-refractivity contribution in [3.05, 3.63) is 30.5 Å². The van der Waals surface area contributed by atoms with Crippen LogP contribution in [0, 0.1) is 0 Å². The first-order valence-corrected chi connectivity index (χ1v) is 3.54. The lowest BCUT2D eigenvalue weighted by Crippen LogP contribution is -1.78. The summed E-state index contributed by atoms with van der Waals surface area (Å²) < 4.78 is 0. The molecule has 2 N–H and O–H groups in total. The molecule has 2 rings (SSSR count). The number of aromatic hydroxyl groups is 2. The van der Waals surface area contributed by atoms with Gasteiger partial charge in [-0.1, -0.05) is 12.1 Å². The van der Waals surface area contributed by atoms with Crippen LogP contribution in [0.25, 0.3) is 10.9 Å². The molecule has 1 aromatic carbocycles. The summed E-state index contributed by atoms with van der Waals surface area (Å²) in [5.41, 5.74) is 0.510. The first-order valence-electron chi connectivity index (χ1n) is 3.54. The fourth-order valence-corrected chi connectivity index (χ4v) is 1.13. The molecule has 0 aliphatic carbocycles. The van der Waals surface area contributed by atoms with Crippen molar-refractivity contribution in [1.82, 2.24) is 4.98 Å². The lowest BCUT2D eigenvalue weighted by Gasteiger charge is -1.98. The third-order valence-corrected chi connectivity index (χ3v) is 1.68. The maximum atomic E-state index is 9.32. The van der Waals surface area contributed by atoms with E-state index in [0.717, 1.165) is 5.39 Å². The molecule has 0 amide bonds. The molecule has 2 aromatic rings. The fourth-order valence-electron chi connectivity index (χ4n) is 1.13. The Bertz CT molecular complexity index is 426. The van der Waals surface area contributed by atoms with Crippen molar-refractivity contribution in [2.24, 2.45) is 0 Å². The third kappa shape index (κ3) is 0.955. The van der Waals surface area contributed by atoms with Gasteiger partial charge in [-0.3, -0.25) is 0 Å². The molecule has 0 radical (unpaired) electrons. The zero-order valence-corrected chi connectivity index (χ0v) is 6.23. The molecule has 1 aromatic heterocycles. The van der Waals surface area contributed by atoms with E-state index in [2.05, 4.69) is 4.98 Å². The molecule has 0 bridgehead atoms. The lowest BCUT2D eigenvalue weighted by molar-refractivity contribution is 0.471. The van der Waals surface area contributed by atoms with Gasteiger partial charge in [-0.15, -0.1) is 0 Å². The van der Waals surface area contributed by atoms with Crippen molar-refractivity contribution < 1.29 is 10.2 Å². The Kier molecular flexibility index (Phi) is 1.37. The van der Waals surface area contributed by atoms with Crippen LogP contribution in [-0.4, -0.2) is 15.2 Å². The van der Waals surface area contributed by atoms with E-state index in [1.165, 1.54) is 6.20 Å².